The Kier molecular flexibility index (Phi) is 6.00. The first kappa shape index (κ1) is 26.1. The van der Waals surface area contributed by atoms with Crippen molar-refractivity contribution in [1.82, 2.24) is 9.13 Å². The summed E-state index contributed by atoms with van der Waals surface area (Å²) in [5.74, 6) is 0. The van der Waals surface area contributed by atoms with Crippen LogP contribution in [0.25, 0.3) is 77.2 Å². The SMILES string of the molecule is Brc1ccc(-c2ccc(-n3c4ccccc4c4ccccc43)cc2)c(-c2ccc(-n3c4ccccc4c4ccccc43)cc2)c1. The predicted molar refractivity (Wildman–Crippen MR) is 194 cm³/mol. The highest BCUT2D eigenvalue weighted by atomic mass is 79.9. The van der Waals surface area contributed by atoms with Crippen molar-refractivity contribution in [2.75, 3.05) is 0 Å². The summed E-state index contributed by atoms with van der Waals surface area (Å²) < 4.78 is 5.79. The monoisotopic (exact) mass is 638 g/mol. The molecule has 0 saturated carbocycles. The Hall–Kier alpha value is -5.38. The average molecular weight is 640 g/mol. The van der Waals surface area contributed by atoms with Crippen LogP contribution in [0.2, 0.25) is 0 Å². The summed E-state index contributed by atoms with van der Waals surface area (Å²) in [5, 5.41) is 5.10. The number of halogens is 1. The van der Waals surface area contributed by atoms with Gasteiger partial charge in [0.2, 0.25) is 0 Å². The Morgan fingerprint density at radius 1 is 0.333 bits per heavy atom. The minimum atomic E-state index is 1.06. The third kappa shape index (κ3) is 4.16. The molecule has 3 heteroatoms. The van der Waals surface area contributed by atoms with Crippen LogP contribution in [0.1, 0.15) is 0 Å². The second kappa shape index (κ2) is 10.4. The molecule has 2 nitrogen and oxygen atoms in total. The average Bonchev–Trinajstić information content (AvgIpc) is 3.62. The number of fused-ring (bicyclic) bond motifs is 6. The van der Waals surface area contributed by atoms with E-state index in [1.54, 1.807) is 0 Å². The number of hydrogen-bond acceptors (Lipinski definition) is 0. The molecule has 0 fully saturated rings. The minimum Gasteiger partial charge on any atom is -0.309 e. The smallest absolute Gasteiger partial charge is 0.0541 e. The van der Waals surface area contributed by atoms with Crippen LogP contribution >= 0.6 is 15.9 Å². The lowest BCUT2D eigenvalue weighted by Gasteiger charge is -2.14. The molecule has 45 heavy (non-hydrogen) atoms. The molecule has 9 aromatic rings. The lowest BCUT2D eigenvalue weighted by Crippen LogP contribution is -1.95. The molecule has 0 radical (unpaired) electrons. The minimum absolute atomic E-state index is 1.06. The van der Waals surface area contributed by atoms with Crippen molar-refractivity contribution in [3.8, 4) is 33.6 Å². The summed E-state index contributed by atoms with van der Waals surface area (Å²) in [6, 6.07) is 59.1. The Balaban J connectivity index is 1.13. The van der Waals surface area contributed by atoms with Gasteiger partial charge in [0.25, 0.3) is 0 Å². The molecule has 0 amide bonds. The molecule has 0 aliphatic heterocycles. The van der Waals surface area contributed by atoms with Crippen molar-refractivity contribution in [2.24, 2.45) is 0 Å². The van der Waals surface area contributed by atoms with Gasteiger partial charge >= 0.3 is 0 Å². The maximum atomic E-state index is 3.74. The van der Waals surface area contributed by atoms with Gasteiger partial charge in [0.1, 0.15) is 0 Å². The van der Waals surface area contributed by atoms with E-state index in [0.29, 0.717) is 0 Å². The third-order valence-electron chi connectivity index (χ3n) is 9.01. The van der Waals surface area contributed by atoms with E-state index in [0.717, 1.165) is 15.8 Å². The number of benzene rings is 7. The first-order chi connectivity index (χ1) is 22.2. The Morgan fingerprint density at radius 2 is 0.689 bits per heavy atom. The van der Waals surface area contributed by atoms with Crippen LogP contribution in [0.15, 0.2) is 168 Å². The normalized spacial score (nSPS) is 11.7. The highest BCUT2D eigenvalue weighted by molar-refractivity contribution is 9.10. The van der Waals surface area contributed by atoms with E-state index in [1.165, 1.54) is 65.9 Å². The molecule has 0 aliphatic rings. The van der Waals surface area contributed by atoms with Gasteiger partial charge in [0.15, 0.2) is 0 Å². The summed E-state index contributed by atoms with van der Waals surface area (Å²) in [6.07, 6.45) is 0. The molecule has 2 heterocycles. The Morgan fingerprint density at radius 3 is 1.09 bits per heavy atom. The standard InChI is InChI=1S/C42H27BrN2/c43-30-21-26-33(28-17-22-31(23-18-28)44-39-13-5-1-9-34(39)35-10-2-6-14-40(35)44)38(27-30)29-19-24-32(25-20-29)45-41-15-7-3-11-36(41)37-12-4-8-16-42(37)45/h1-27H. The van der Waals surface area contributed by atoms with E-state index in [4.69, 9.17) is 0 Å². The Bertz CT molecular complexity index is 2430. The number of para-hydroxylation sites is 4. The van der Waals surface area contributed by atoms with Gasteiger partial charge in [-0.25, -0.2) is 0 Å². The highest BCUT2D eigenvalue weighted by Crippen LogP contribution is 2.38. The number of aromatic nitrogens is 2. The van der Waals surface area contributed by atoms with Crippen molar-refractivity contribution in [1.29, 1.82) is 0 Å². The van der Waals surface area contributed by atoms with Gasteiger partial charge in [0.05, 0.1) is 22.1 Å². The lowest BCUT2D eigenvalue weighted by atomic mass is 9.94. The topological polar surface area (TPSA) is 9.86 Å². The van der Waals surface area contributed by atoms with Crippen LogP contribution in [0.3, 0.4) is 0 Å². The van der Waals surface area contributed by atoms with Gasteiger partial charge in [-0.05, 0) is 82.9 Å². The largest absolute Gasteiger partial charge is 0.309 e. The van der Waals surface area contributed by atoms with Crippen LogP contribution in [-0.4, -0.2) is 9.13 Å². The fraction of sp³-hybridized carbons (Fsp3) is 0. The van der Waals surface area contributed by atoms with Crippen molar-refractivity contribution in [2.45, 2.75) is 0 Å². The fourth-order valence-electron chi connectivity index (χ4n) is 6.99. The van der Waals surface area contributed by atoms with Crippen LogP contribution in [0.5, 0.6) is 0 Å². The summed E-state index contributed by atoms with van der Waals surface area (Å²) in [5.41, 5.74) is 12.0. The van der Waals surface area contributed by atoms with Crippen molar-refractivity contribution < 1.29 is 0 Å². The number of rotatable bonds is 4. The van der Waals surface area contributed by atoms with Crippen LogP contribution in [0, 0.1) is 0 Å². The molecule has 0 atom stereocenters. The maximum Gasteiger partial charge on any atom is 0.0541 e. The second-order valence-corrected chi connectivity index (χ2v) is 12.4. The van der Waals surface area contributed by atoms with Crippen LogP contribution < -0.4 is 0 Å². The molecule has 0 spiro atoms. The third-order valence-corrected chi connectivity index (χ3v) is 9.51. The summed E-state index contributed by atoms with van der Waals surface area (Å²) in [4.78, 5) is 0. The lowest BCUT2D eigenvalue weighted by molar-refractivity contribution is 1.18. The molecule has 7 aromatic carbocycles. The van der Waals surface area contributed by atoms with E-state index < -0.39 is 0 Å². The predicted octanol–water partition coefficient (Wildman–Crippen LogP) is 12.0. The maximum absolute atomic E-state index is 3.74. The fourth-order valence-corrected chi connectivity index (χ4v) is 7.35. The van der Waals surface area contributed by atoms with E-state index in [-0.39, 0.29) is 0 Å². The number of nitrogens with zero attached hydrogens (tertiary/aromatic N) is 2. The van der Waals surface area contributed by atoms with E-state index in [9.17, 15) is 0 Å². The molecule has 0 N–H and O–H groups in total. The Labute approximate surface area is 269 Å². The van der Waals surface area contributed by atoms with E-state index >= 15 is 0 Å². The van der Waals surface area contributed by atoms with Gasteiger partial charge in [-0.15, -0.1) is 0 Å². The first-order valence-corrected chi connectivity index (χ1v) is 16.0. The quantitative estimate of drug-likeness (QED) is 0.181. The molecule has 212 valence electrons. The van der Waals surface area contributed by atoms with Crippen LogP contribution in [-0.2, 0) is 0 Å². The van der Waals surface area contributed by atoms with Gasteiger partial charge in [-0.3, -0.25) is 0 Å². The molecular weight excluding hydrogens is 612 g/mol. The number of hydrogen-bond donors (Lipinski definition) is 0. The van der Waals surface area contributed by atoms with Gasteiger partial charge in [0, 0.05) is 37.4 Å². The molecule has 0 saturated heterocycles. The van der Waals surface area contributed by atoms with Crippen molar-refractivity contribution in [3.63, 3.8) is 0 Å². The highest BCUT2D eigenvalue weighted by Gasteiger charge is 2.15. The van der Waals surface area contributed by atoms with Crippen LogP contribution in [0.4, 0.5) is 0 Å². The zero-order valence-electron chi connectivity index (χ0n) is 24.4. The molecule has 0 aliphatic carbocycles. The summed E-state index contributed by atoms with van der Waals surface area (Å²) in [6.45, 7) is 0. The van der Waals surface area contributed by atoms with E-state index in [1.807, 2.05) is 0 Å². The summed E-state index contributed by atoms with van der Waals surface area (Å²) >= 11 is 3.74. The van der Waals surface area contributed by atoms with Crippen molar-refractivity contribution >= 4 is 59.5 Å². The van der Waals surface area contributed by atoms with Gasteiger partial charge in [-0.1, -0.05) is 119 Å². The summed E-state index contributed by atoms with van der Waals surface area (Å²) in [7, 11) is 0. The van der Waals surface area contributed by atoms with Crippen molar-refractivity contribution in [3.05, 3.63) is 168 Å². The zero-order chi connectivity index (χ0) is 29.9. The van der Waals surface area contributed by atoms with Gasteiger partial charge in [-0.2, -0.15) is 0 Å². The second-order valence-electron chi connectivity index (χ2n) is 11.5. The first-order valence-electron chi connectivity index (χ1n) is 15.2. The van der Waals surface area contributed by atoms with E-state index in [2.05, 4.69) is 189 Å². The molecule has 9 rings (SSSR count). The van der Waals surface area contributed by atoms with Gasteiger partial charge < -0.3 is 9.13 Å². The molecule has 0 unspecified atom stereocenters. The molecule has 0 bridgehead atoms. The molecule has 2 aromatic heterocycles. The molecular formula is C42H27BrN2. The zero-order valence-corrected chi connectivity index (χ0v) is 25.9.